The molecule has 2 heterocycles. The zero-order valence-electron chi connectivity index (χ0n) is 16.3. The van der Waals surface area contributed by atoms with Gasteiger partial charge in [0.05, 0.1) is 15.8 Å². The van der Waals surface area contributed by atoms with Crippen molar-refractivity contribution in [2.24, 2.45) is 0 Å². The molecule has 5 rings (SSSR count). The van der Waals surface area contributed by atoms with Crippen molar-refractivity contribution in [3.63, 3.8) is 0 Å². The number of benzene rings is 3. The van der Waals surface area contributed by atoms with E-state index < -0.39 is 35.1 Å². The fourth-order valence-corrected chi connectivity index (χ4v) is 4.78. The number of anilines is 1. The zero-order chi connectivity index (χ0) is 22.4. The van der Waals surface area contributed by atoms with Crippen LogP contribution in [0.25, 0.3) is 16.0 Å². The van der Waals surface area contributed by atoms with Gasteiger partial charge in [0.25, 0.3) is 5.78 Å². The largest absolute Gasteiger partial charge is 0.507 e. The lowest BCUT2D eigenvalue weighted by atomic mass is 9.95. The van der Waals surface area contributed by atoms with Gasteiger partial charge in [-0.05, 0) is 24.3 Å². The summed E-state index contributed by atoms with van der Waals surface area (Å²) >= 11 is 1.00. The van der Waals surface area contributed by atoms with Crippen LogP contribution in [0.1, 0.15) is 17.2 Å². The van der Waals surface area contributed by atoms with Crippen LogP contribution in [0.4, 0.5) is 13.9 Å². The minimum Gasteiger partial charge on any atom is -0.507 e. The molecule has 0 bridgehead atoms. The molecule has 0 radical (unpaired) electrons. The Morgan fingerprint density at radius 3 is 2.44 bits per heavy atom. The van der Waals surface area contributed by atoms with Crippen molar-refractivity contribution in [3.05, 3.63) is 101 Å². The van der Waals surface area contributed by atoms with Gasteiger partial charge in [-0.25, -0.2) is 13.8 Å². The molecule has 1 aliphatic rings. The fraction of sp³-hybridized carbons (Fsp3) is 0.0417. The molecule has 1 N–H and O–H groups in total. The van der Waals surface area contributed by atoms with E-state index in [9.17, 15) is 23.5 Å². The number of ketones is 1. The molecule has 0 spiro atoms. The lowest BCUT2D eigenvalue weighted by Crippen LogP contribution is -2.29. The number of aliphatic hydroxyl groups excluding tert-OH is 1. The van der Waals surface area contributed by atoms with E-state index >= 15 is 0 Å². The van der Waals surface area contributed by atoms with Crippen molar-refractivity contribution in [2.45, 2.75) is 6.04 Å². The van der Waals surface area contributed by atoms with E-state index in [4.69, 9.17) is 0 Å². The number of rotatable bonds is 3. The first-order valence-electron chi connectivity index (χ1n) is 9.62. The summed E-state index contributed by atoms with van der Waals surface area (Å²) in [6.07, 6.45) is 0. The third-order valence-electron chi connectivity index (χ3n) is 5.24. The second-order valence-electron chi connectivity index (χ2n) is 7.17. The Labute approximate surface area is 184 Å². The van der Waals surface area contributed by atoms with E-state index in [1.165, 1.54) is 36.4 Å². The molecule has 1 aliphatic heterocycles. The quantitative estimate of drug-likeness (QED) is 0.266. The van der Waals surface area contributed by atoms with E-state index in [1.807, 2.05) is 0 Å². The maximum absolute atomic E-state index is 14.9. The minimum absolute atomic E-state index is 0.0367. The number of aliphatic hydroxyl groups is 1. The summed E-state index contributed by atoms with van der Waals surface area (Å²) in [6, 6.07) is 16.7. The van der Waals surface area contributed by atoms with Gasteiger partial charge in [0.15, 0.2) is 5.13 Å². The number of fused-ring (bicyclic) bond motifs is 1. The smallest absolute Gasteiger partial charge is 0.301 e. The predicted octanol–water partition coefficient (Wildman–Crippen LogP) is 5.20. The molecule has 0 aliphatic carbocycles. The van der Waals surface area contributed by atoms with Crippen LogP contribution in [0, 0.1) is 11.6 Å². The lowest BCUT2D eigenvalue weighted by molar-refractivity contribution is -0.132. The summed E-state index contributed by atoms with van der Waals surface area (Å²) < 4.78 is 29.0. The van der Waals surface area contributed by atoms with Gasteiger partial charge in [-0.3, -0.25) is 14.5 Å². The number of amides is 1. The Morgan fingerprint density at radius 2 is 1.69 bits per heavy atom. The van der Waals surface area contributed by atoms with Crippen LogP contribution in [0.3, 0.4) is 0 Å². The third kappa shape index (κ3) is 3.16. The van der Waals surface area contributed by atoms with E-state index in [0.717, 1.165) is 16.2 Å². The third-order valence-corrected chi connectivity index (χ3v) is 6.25. The minimum atomic E-state index is -1.23. The van der Waals surface area contributed by atoms with E-state index in [-0.39, 0.29) is 16.3 Å². The van der Waals surface area contributed by atoms with Gasteiger partial charge < -0.3 is 5.11 Å². The Balaban J connectivity index is 1.76. The first-order chi connectivity index (χ1) is 15.5. The Hall–Kier alpha value is -3.91. The van der Waals surface area contributed by atoms with Crippen LogP contribution < -0.4 is 4.90 Å². The fourth-order valence-electron chi connectivity index (χ4n) is 3.76. The highest BCUT2D eigenvalue weighted by Crippen LogP contribution is 2.44. The summed E-state index contributed by atoms with van der Waals surface area (Å²) in [4.78, 5) is 31.6. The Kier molecular flexibility index (Phi) is 4.79. The molecule has 1 saturated heterocycles. The Bertz CT molecular complexity index is 1420. The van der Waals surface area contributed by atoms with Crippen LogP contribution in [-0.2, 0) is 9.59 Å². The number of aromatic nitrogens is 1. The molecule has 8 heteroatoms. The van der Waals surface area contributed by atoms with Gasteiger partial charge >= 0.3 is 5.91 Å². The summed E-state index contributed by atoms with van der Waals surface area (Å²) in [5, 5.41) is 11.1. The molecule has 1 atom stereocenters. The molecule has 5 nitrogen and oxygen atoms in total. The second kappa shape index (κ2) is 7.65. The highest BCUT2D eigenvalue weighted by Gasteiger charge is 2.49. The average Bonchev–Trinajstić information content (AvgIpc) is 3.32. The molecule has 1 amide bonds. The number of carbonyl (C=O) groups is 2. The van der Waals surface area contributed by atoms with Gasteiger partial charge in [0, 0.05) is 11.1 Å². The Morgan fingerprint density at radius 1 is 0.969 bits per heavy atom. The van der Waals surface area contributed by atoms with Crippen molar-refractivity contribution < 1.29 is 23.5 Å². The van der Waals surface area contributed by atoms with Gasteiger partial charge in [0.1, 0.15) is 23.4 Å². The van der Waals surface area contributed by atoms with Crippen molar-refractivity contribution in [2.75, 3.05) is 4.90 Å². The predicted molar refractivity (Wildman–Crippen MR) is 117 cm³/mol. The van der Waals surface area contributed by atoms with E-state index in [2.05, 4.69) is 4.98 Å². The molecule has 3 aromatic carbocycles. The average molecular weight is 448 g/mol. The summed E-state index contributed by atoms with van der Waals surface area (Å²) in [5.74, 6) is -3.42. The first kappa shape index (κ1) is 20.0. The van der Waals surface area contributed by atoms with E-state index in [0.29, 0.717) is 15.8 Å². The number of halogens is 2. The zero-order valence-corrected chi connectivity index (χ0v) is 17.1. The molecular weight excluding hydrogens is 434 g/mol. The second-order valence-corrected chi connectivity index (χ2v) is 8.17. The summed E-state index contributed by atoms with van der Waals surface area (Å²) in [7, 11) is 0. The normalized spacial score (nSPS) is 17.9. The van der Waals surface area contributed by atoms with Gasteiger partial charge in [-0.1, -0.05) is 59.9 Å². The molecule has 0 saturated carbocycles. The molecule has 1 fully saturated rings. The van der Waals surface area contributed by atoms with Crippen LogP contribution in [0.2, 0.25) is 0 Å². The molecule has 1 aromatic heterocycles. The lowest BCUT2D eigenvalue weighted by Gasteiger charge is -2.23. The summed E-state index contributed by atoms with van der Waals surface area (Å²) in [6.45, 7) is 0. The molecule has 158 valence electrons. The van der Waals surface area contributed by atoms with Gasteiger partial charge in [-0.15, -0.1) is 0 Å². The number of Topliss-reactive ketones (excluding diaryl/α,β-unsaturated/α-hetero) is 1. The van der Waals surface area contributed by atoms with Crippen molar-refractivity contribution in [1.29, 1.82) is 0 Å². The standard InChI is InChI=1S/C24H14F2N2O3S/c25-14-10-11-17-18(12-14)32-24(27-17)28-20(15-8-4-5-9-16(15)26)19(22(30)23(28)31)21(29)13-6-2-1-3-7-13/h1-12,20,29H/b21-19+/t20-/m0/s1. The number of carbonyl (C=O) groups excluding carboxylic acids is 2. The van der Waals surface area contributed by atoms with Crippen molar-refractivity contribution in [1.82, 2.24) is 4.98 Å². The van der Waals surface area contributed by atoms with Crippen molar-refractivity contribution >= 4 is 44.1 Å². The molecular formula is C24H14F2N2O3S. The maximum atomic E-state index is 14.9. The van der Waals surface area contributed by atoms with Crippen LogP contribution >= 0.6 is 11.3 Å². The highest BCUT2D eigenvalue weighted by molar-refractivity contribution is 7.22. The van der Waals surface area contributed by atoms with Gasteiger partial charge in [-0.2, -0.15) is 0 Å². The van der Waals surface area contributed by atoms with Crippen LogP contribution in [-0.4, -0.2) is 21.8 Å². The molecule has 32 heavy (non-hydrogen) atoms. The number of thiazole rings is 1. The molecule has 4 aromatic rings. The summed E-state index contributed by atoms with van der Waals surface area (Å²) in [5.41, 5.74) is 0.549. The highest BCUT2D eigenvalue weighted by atomic mass is 32.1. The SMILES string of the molecule is O=C1C(=O)N(c2nc3ccc(F)cc3s2)[C@@H](c2ccccc2F)/C1=C(\O)c1ccccc1. The number of nitrogens with zero attached hydrogens (tertiary/aromatic N) is 2. The topological polar surface area (TPSA) is 70.5 Å². The number of hydrogen-bond acceptors (Lipinski definition) is 5. The molecule has 0 unspecified atom stereocenters. The first-order valence-corrected chi connectivity index (χ1v) is 10.4. The van der Waals surface area contributed by atoms with Gasteiger partial charge in [0.2, 0.25) is 0 Å². The monoisotopic (exact) mass is 448 g/mol. The van der Waals surface area contributed by atoms with Crippen LogP contribution in [0.5, 0.6) is 0 Å². The van der Waals surface area contributed by atoms with Crippen LogP contribution in [0.15, 0.2) is 78.4 Å². The van der Waals surface area contributed by atoms with E-state index in [1.54, 1.807) is 36.4 Å². The maximum Gasteiger partial charge on any atom is 0.301 e. The number of hydrogen-bond donors (Lipinski definition) is 1. The van der Waals surface area contributed by atoms with Crippen molar-refractivity contribution in [3.8, 4) is 0 Å².